The number of hydrogen-bond acceptors (Lipinski definition) is 5. The van der Waals surface area contributed by atoms with Gasteiger partial charge in [0.1, 0.15) is 11.8 Å². The Morgan fingerprint density at radius 1 is 1.32 bits per heavy atom. The Bertz CT molecular complexity index is 1020. The summed E-state index contributed by atoms with van der Waals surface area (Å²) in [6.45, 7) is 1.76. The third-order valence-electron chi connectivity index (χ3n) is 5.23. The molecule has 0 bridgehead atoms. The largest absolute Gasteiger partial charge is 0.368 e. The number of rotatable bonds is 3. The number of amides is 2. The van der Waals surface area contributed by atoms with Crippen molar-refractivity contribution in [2.24, 2.45) is 0 Å². The summed E-state index contributed by atoms with van der Waals surface area (Å²) in [4.78, 5) is 35.8. The van der Waals surface area contributed by atoms with Gasteiger partial charge in [-0.15, -0.1) is 0 Å². The summed E-state index contributed by atoms with van der Waals surface area (Å²) in [5.41, 5.74) is 2.52. The molecule has 2 aliphatic rings. The van der Waals surface area contributed by atoms with Crippen molar-refractivity contribution in [3.05, 3.63) is 46.6 Å². The number of thiazole rings is 1. The van der Waals surface area contributed by atoms with Gasteiger partial charge in [0, 0.05) is 35.4 Å². The van der Waals surface area contributed by atoms with Crippen LogP contribution in [0.3, 0.4) is 0 Å². The van der Waals surface area contributed by atoms with E-state index in [4.69, 9.17) is 4.74 Å². The maximum absolute atomic E-state index is 12.9. The van der Waals surface area contributed by atoms with E-state index in [9.17, 15) is 9.59 Å². The quantitative estimate of drug-likeness (QED) is 0.713. The van der Waals surface area contributed by atoms with Crippen LogP contribution in [0.25, 0.3) is 10.9 Å². The molecule has 2 aliphatic heterocycles. The third kappa shape index (κ3) is 3.18. The van der Waals surface area contributed by atoms with Gasteiger partial charge in [-0.3, -0.25) is 14.9 Å². The van der Waals surface area contributed by atoms with E-state index in [0.29, 0.717) is 36.9 Å². The molecular weight excluding hydrogens is 376 g/mol. The summed E-state index contributed by atoms with van der Waals surface area (Å²) in [5, 5.41) is 4.48. The number of anilines is 1. The van der Waals surface area contributed by atoms with Gasteiger partial charge < -0.3 is 14.6 Å². The van der Waals surface area contributed by atoms with Gasteiger partial charge in [-0.1, -0.05) is 29.5 Å². The van der Waals surface area contributed by atoms with E-state index >= 15 is 0 Å². The first-order valence-electron chi connectivity index (χ1n) is 9.45. The molecule has 0 spiro atoms. The predicted molar refractivity (Wildman–Crippen MR) is 106 cm³/mol. The number of aromatic amines is 1. The molecule has 2 N–H and O–H groups in total. The van der Waals surface area contributed by atoms with E-state index < -0.39 is 0 Å². The van der Waals surface area contributed by atoms with Crippen LogP contribution in [0.4, 0.5) is 5.13 Å². The summed E-state index contributed by atoms with van der Waals surface area (Å²) >= 11 is 1.44. The van der Waals surface area contributed by atoms with Crippen molar-refractivity contribution in [2.45, 2.75) is 31.9 Å². The first-order chi connectivity index (χ1) is 13.7. The summed E-state index contributed by atoms with van der Waals surface area (Å²) < 4.78 is 5.42. The number of fused-ring (bicyclic) bond motifs is 2. The lowest BCUT2D eigenvalue weighted by molar-refractivity contribution is -0.124. The smallest absolute Gasteiger partial charge is 0.270 e. The second-order valence-corrected chi connectivity index (χ2v) is 8.21. The zero-order valence-corrected chi connectivity index (χ0v) is 16.1. The van der Waals surface area contributed by atoms with Crippen LogP contribution in [0.1, 0.15) is 33.9 Å². The highest BCUT2D eigenvalue weighted by atomic mass is 32.1. The molecule has 2 amide bonds. The van der Waals surface area contributed by atoms with Gasteiger partial charge in [0.2, 0.25) is 0 Å². The molecule has 5 rings (SSSR count). The molecule has 8 heteroatoms. The van der Waals surface area contributed by atoms with Gasteiger partial charge in [-0.05, 0) is 25.0 Å². The molecule has 28 heavy (non-hydrogen) atoms. The number of benzene rings is 1. The minimum absolute atomic E-state index is 0.0137. The normalized spacial score (nSPS) is 19.0. The first-order valence-corrected chi connectivity index (χ1v) is 10.3. The second kappa shape index (κ2) is 7.03. The molecule has 1 fully saturated rings. The minimum atomic E-state index is -0.374. The number of carbonyl (C=O) groups is 2. The molecule has 1 saturated heterocycles. The third-order valence-corrected chi connectivity index (χ3v) is 6.23. The fourth-order valence-electron chi connectivity index (χ4n) is 3.75. The van der Waals surface area contributed by atoms with E-state index in [-0.39, 0.29) is 17.9 Å². The Kier molecular flexibility index (Phi) is 4.37. The van der Waals surface area contributed by atoms with Crippen LogP contribution < -0.4 is 5.32 Å². The number of H-pyrrole nitrogens is 1. The molecule has 3 aromatic rings. The lowest BCUT2D eigenvalue weighted by Crippen LogP contribution is -2.35. The average molecular weight is 396 g/mol. The van der Waals surface area contributed by atoms with Crippen LogP contribution in [0.5, 0.6) is 0 Å². The fraction of sp³-hybridized carbons (Fsp3) is 0.350. The number of nitrogens with one attached hydrogen (secondary N) is 2. The van der Waals surface area contributed by atoms with Gasteiger partial charge in [-0.2, -0.15) is 0 Å². The van der Waals surface area contributed by atoms with Crippen LogP contribution in [0, 0.1) is 0 Å². The Labute approximate surface area is 165 Å². The van der Waals surface area contributed by atoms with Crippen molar-refractivity contribution in [2.75, 3.05) is 18.5 Å². The molecule has 4 heterocycles. The summed E-state index contributed by atoms with van der Waals surface area (Å²) in [7, 11) is 0. The molecule has 1 aromatic carbocycles. The minimum Gasteiger partial charge on any atom is -0.368 e. The van der Waals surface area contributed by atoms with Crippen LogP contribution in [-0.2, 0) is 22.5 Å². The molecule has 7 nitrogen and oxygen atoms in total. The van der Waals surface area contributed by atoms with Gasteiger partial charge in [-0.25, -0.2) is 4.98 Å². The topological polar surface area (TPSA) is 87.3 Å². The van der Waals surface area contributed by atoms with Crippen LogP contribution in [-0.4, -0.2) is 45.9 Å². The van der Waals surface area contributed by atoms with Crippen molar-refractivity contribution in [1.29, 1.82) is 0 Å². The van der Waals surface area contributed by atoms with Crippen LogP contribution >= 0.6 is 11.3 Å². The molecule has 0 saturated carbocycles. The molecular formula is C20H20N4O3S. The van der Waals surface area contributed by atoms with Crippen molar-refractivity contribution < 1.29 is 14.3 Å². The van der Waals surface area contributed by atoms with Crippen molar-refractivity contribution in [1.82, 2.24) is 14.9 Å². The summed E-state index contributed by atoms with van der Waals surface area (Å²) in [5.74, 6) is -0.144. The number of nitrogens with zero attached hydrogens (tertiary/aromatic N) is 2. The Morgan fingerprint density at radius 3 is 3.04 bits per heavy atom. The number of carbonyl (C=O) groups excluding carboxylic acids is 2. The van der Waals surface area contributed by atoms with E-state index in [0.717, 1.165) is 34.3 Å². The Balaban J connectivity index is 1.30. The van der Waals surface area contributed by atoms with E-state index in [1.54, 1.807) is 0 Å². The zero-order valence-electron chi connectivity index (χ0n) is 15.2. The van der Waals surface area contributed by atoms with Gasteiger partial charge in [0.05, 0.1) is 12.2 Å². The predicted octanol–water partition coefficient (Wildman–Crippen LogP) is 2.94. The molecule has 144 valence electrons. The highest BCUT2D eigenvalue weighted by Gasteiger charge is 2.28. The first kappa shape index (κ1) is 17.4. The molecule has 0 radical (unpaired) electrons. The van der Waals surface area contributed by atoms with Crippen molar-refractivity contribution in [3.8, 4) is 0 Å². The van der Waals surface area contributed by atoms with E-state index in [2.05, 4.69) is 15.3 Å². The fourth-order valence-corrected chi connectivity index (χ4v) is 4.78. The highest BCUT2D eigenvalue weighted by molar-refractivity contribution is 7.15. The number of aromatic nitrogens is 2. The van der Waals surface area contributed by atoms with Crippen molar-refractivity contribution in [3.63, 3.8) is 0 Å². The maximum atomic E-state index is 12.9. The summed E-state index contributed by atoms with van der Waals surface area (Å²) in [6, 6.07) is 9.76. The zero-order chi connectivity index (χ0) is 19.1. The lowest BCUT2D eigenvalue weighted by Gasteiger charge is -2.25. The van der Waals surface area contributed by atoms with E-state index in [1.165, 1.54) is 11.3 Å². The van der Waals surface area contributed by atoms with Gasteiger partial charge in [0.15, 0.2) is 5.13 Å². The highest BCUT2D eigenvalue weighted by Crippen LogP contribution is 2.30. The monoisotopic (exact) mass is 396 g/mol. The summed E-state index contributed by atoms with van der Waals surface area (Å²) in [6.07, 6.45) is 1.98. The SMILES string of the molecule is O=C(Nc1nc2c(s1)CN(C(=O)c1cc3ccccc3[nH]1)CC2)C1CCCO1. The molecule has 0 aliphatic carbocycles. The van der Waals surface area contributed by atoms with Gasteiger partial charge in [0.25, 0.3) is 11.8 Å². The lowest BCUT2D eigenvalue weighted by atomic mass is 10.1. The maximum Gasteiger partial charge on any atom is 0.270 e. The molecule has 1 atom stereocenters. The van der Waals surface area contributed by atoms with E-state index in [1.807, 2.05) is 35.2 Å². The van der Waals surface area contributed by atoms with Crippen LogP contribution in [0.2, 0.25) is 0 Å². The van der Waals surface area contributed by atoms with Crippen LogP contribution in [0.15, 0.2) is 30.3 Å². The van der Waals surface area contributed by atoms with Crippen molar-refractivity contribution >= 4 is 39.2 Å². The second-order valence-electron chi connectivity index (χ2n) is 7.13. The number of ether oxygens (including phenoxy) is 1. The Morgan fingerprint density at radius 2 is 2.21 bits per heavy atom. The molecule has 2 aromatic heterocycles. The Hall–Kier alpha value is -2.71. The average Bonchev–Trinajstić information content (AvgIpc) is 3.44. The number of para-hydroxylation sites is 1. The standard InChI is InChI=1S/C20H20N4O3S/c25-18(16-6-3-9-27-16)23-20-22-14-7-8-24(11-17(14)28-20)19(26)15-10-12-4-1-2-5-13(12)21-15/h1-2,4-5,10,16,21H,3,6-9,11H2,(H,22,23,25). The number of hydrogen-bond donors (Lipinski definition) is 2. The van der Waals surface area contributed by atoms with Gasteiger partial charge >= 0.3 is 0 Å². The molecule has 1 unspecified atom stereocenters.